The molecule has 46 heavy (non-hydrogen) atoms. The number of fused-ring (bicyclic) bond motifs is 7. The number of nitrogens with zero attached hydrogens (tertiary/aromatic N) is 1. The van der Waals surface area contributed by atoms with Gasteiger partial charge in [-0.25, -0.2) is 8.78 Å². The maximum atomic E-state index is 17.6. The quantitative estimate of drug-likeness (QED) is 0.463. The average molecular weight is 634 g/mol. The molecule has 9 heteroatoms. The summed E-state index contributed by atoms with van der Waals surface area (Å²) in [6, 6.07) is 16.1. The number of ether oxygens (including phenoxy) is 2. The van der Waals surface area contributed by atoms with Crippen molar-refractivity contribution in [2.75, 3.05) is 25.6 Å². The third-order valence-corrected chi connectivity index (χ3v) is 12.0. The van der Waals surface area contributed by atoms with Crippen LogP contribution in [0.3, 0.4) is 0 Å². The number of allylic oxidation sites excluding steroid dienone is 4. The van der Waals surface area contributed by atoms with Gasteiger partial charge in [-0.3, -0.25) is 9.59 Å². The fourth-order valence-corrected chi connectivity index (χ4v) is 9.66. The van der Waals surface area contributed by atoms with Crippen molar-refractivity contribution in [2.24, 2.45) is 22.7 Å². The van der Waals surface area contributed by atoms with E-state index >= 15 is 8.78 Å². The van der Waals surface area contributed by atoms with Gasteiger partial charge in [0.05, 0.1) is 12.2 Å². The summed E-state index contributed by atoms with van der Waals surface area (Å²) in [5.41, 5.74) is -2.52. The summed E-state index contributed by atoms with van der Waals surface area (Å²) in [5.74, 6) is -2.58. The third-order valence-electron chi connectivity index (χ3n) is 12.0. The number of aliphatic hydroxyl groups excluding tert-OH is 2. The molecule has 10 atom stereocenters. The molecule has 7 rings (SSSR count). The topological polar surface area (TPSA) is 96.3 Å². The number of carbonyl (C=O) groups is 2. The monoisotopic (exact) mass is 633 g/mol. The Kier molecular flexibility index (Phi) is 7.25. The summed E-state index contributed by atoms with van der Waals surface area (Å²) in [6.45, 7) is 2.51. The van der Waals surface area contributed by atoms with E-state index in [2.05, 4.69) is 24.3 Å². The molecule has 3 saturated carbocycles. The summed E-state index contributed by atoms with van der Waals surface area (Å²) in [4.78, 5) is 27.9. The number of hydrogen-bond donors (Lipinski definition) is 2. The van der Waals surface area contributed by atoms with Crippen LogP contribution in [0, 0.1) is 22.7 Å². The van der Waals surface area contributed by atoms with Gasteiger partial charge in [0.1, 0.15) is 12.8 Å². The number of Topliss-reactive ketones (excluding diaryl/α,β-unsaturated/α-hetero) is 1. The molecule has 1 saturated heterocycles. The Labute approximate surface area is 267 Å². The van der Waals surface area contributed by atoms with E-state index < -0.39 is 76.8 Å². The number of halogens is 2. The SMILES string of the molecule is CN(C)c1ccc(Cc2ccc([C@H]3O[C@@H]4C[C@H]5[C@@H]6C[C@H](F)C7=CC(=O)C=C[C@]7(C)[C@@]6(F)[C@@H](O)C[C@]5(C)[C@]4(C(=O)CO)O3)cc2)cc1. The van der Waals surface area contributed by atoms with Crippen LogP contribution < -0.4 is 4.90 Å². The van der Waals surface area contributed by atoms with Gasteiger partial charge in [0.25, 0.3) is 0 Å². The van der Waals surface area contributed by atoms with Crippen LogP contribution >= 0.6 is 0 Å². The van der Waals surface area contributed by atoms with Gasteiger partial charge in [0, 0.05) is 42.1 Å². The molecule has 2 N–H and O–H groups in total. The summed E-state index contributed by atoms with van der Waals surface area (Å²) in [6.07, 6.45) is -0.600. The molecule has 0 spiro atoms. The number of carbonyl (C=O) groups excluding carboxylic acids is 2. The number of alkyl halides is 2. The molecule has 4 aliphatic carbocycles. The summed E-state index contributed by atoms with van der Waals surface area (Å²) >= 11 is 0. The largest absolute Gasteiger partial charge is 0.390 e. The molecule has 0 bridgehead atoms. The van der Waals surface area contributed by atoms with E-state index in [1.54, 1.807) is 13.8 Å². The van der Waals surface area contributed by atoms with Crippen LogP contribution in [0.1, 0.15) is 56.1 Å². The predicted octanol–water partition coefficient (Wildman–Crippen LogP) is 4.99. The minimum absolute atomic E-state index is 0.0438. The van der Waals surface area contributed by atoms with Gasteiger partial charge in [-0.15, -0.1) is 0 Å². The number of benzene rings is 2. The maximum Gasteiger partial charge on any atom is 0.193 e. The summed E-state index contributed by atoms with van der Waals surface area (Å²) in [5, 5.41) is 21.9. The van der Waals surface area contributed by atoms with Crippen LogP contribution in [0.4, 0.5) is 14.5 Å². The Morgan fingerprint density at radius 3 is 2.30 bits per heavy atom. The lowest BCUT2D eigenvalue weighted by Crippen LogP contribution is -2.70. The van der Waals surface area contributed by atoms with Crippen molar-refractivity contribution in [2.45, 2.75) is 75.5 Å². The number of anilines is 1. The Morgan fingerprint density at radius 1 is 1.02 bits per heavy atom. The van der Waals surface area contributed by atoms with Crippen LogP contribution in [-0.2, 0) is 25.5 Å². The lowest BCUT2D eigenvalue weighted by Gasteiger charge is -2.63. The van der Waals surface area contributed by atoms with Gasteiger partial charge in [0.15, 0.2) is 29.1 Å². The highest BCUT2D eigenvalue weighted by Crippen LogP contribution is 2.72. The minimum Gasteiger partial charge on any atom is -0.390 e. The van der Waals surface area contributed by atoms with Crippen molar-refractivity contribution in [3.63, 3.8) is 0 Å². The Hall–Kier alpha value is -3.24. The molecule has 0 radical (unpaired) electrons. The molecule has 1 aliphatic heterocycles. The average Bonchev–Trinajstić information content (AvgIpc) is 3.53. The van der Waals surface area contributed by atoms with Crippen LogP contribution in [0.5, 0.6) is 0 Å². The Balaban J connectivity index is 1.18. The first kappa shape index (κ1) is 31.4. The minimum atomic E-state index is -2.28. The first-order valence-corrected chi connectivity index (χ1v) is 16.1. The van der Waals surface area contributed by atoms with E-state index in [-0.39, 0.29) is 24.8 Å². The van der Waals surface area contributed by atoms with Gasteiger partial charge in [0.2, 0.25) is 0 Å². The van der Waals surface area contributed by atoms with Gasteiger partial charge in [-0.05, 0) is 79.5 Å². The van der Waals surface area contributed by atoms with E-state index in [4.69, 9.17) is 9.47 Å². The van der Waals surface area contributed by atoms with Gasteiger partial charge < -0.3 is 24.6 Å². The zero-order chi connectivity index (χ0) is 32.8. The number of hydrogen-bond acceptors (Lipinski definition) is 7. The van der Waals surface area contributed by atoms with E-state index in [9.17, 15) is 19.8 Å². The maximum absolute atomic E-state index is 17.6. The second-order valence-electron chi connectivity index (χ2n) is 14.5. The summed E-state index contributed by atoms with van der Waals surface area (Å²) < 4.78 is 46.4. The summed E-state index contributed by atoms with van der Waals surface area (Å²) in [7, 11) is 4.00. The first-order valence-electron chi connectivity index (χ1n) is 16.1. The molecular weight excluding hydrogens is 592 g/mol. The molecule has 7 nitrogen and oxygen atoms in total. The molecule has 244 valence electrons. The van der Waals surface area contributed by atoms with Crippen molar-refractivity contribution < 1.29 is 38.1 Å². The number of aliphatic hydroxyl groups is 2. The van der Waals surface area contributed by atoms with Gasteiger partial charge >= 0.3 is 0 Å². The molecular formula is C37H41F2NO6. The van der Waals surface area contributed by atoms with E-state index in [0.717, 1.165) is 29.3 Å². The second-order valence-corrected chi connectivity index (χ2v) is 14.5. The van der Waals surface area contributed by atoms with Crippen LogP contribution in [0.25, 0.3) is 0 Å². The fourth-order valence-electron chi connectivity index (χ4n) is 9.66. The molecule has 0 unspecified atom stereocenters. The highest BCUT2D eigenvalue weighted by atomic mass is 19.1. The predicted molar refractivity (Wildman–Crippen MR) is 168 cm³/mol. The Bertz CT molecular complexity index is 1620. The van der Waals surface area contributed by atoms with E-state index in [0.29, 0.717) is 5.56 Å². The molecule has 2 aromatic rings. The zero-order valence-electron chi connectivity index (χ0n) is 26.6. The molecule has 2 aromatic carbocycles. The molecule has 0 amide bonds. The van der Waals surface area contributed by atoms with Crippen LogP contribution in [-0.4, -0.2) is 72.1 Å². The van der Waals surface area contributed by atoms with Crippen molar-refractivity contribution >= 4 is 17.3 Å². The van der Waals surface area contributed by atoms with Crippen LogP contribution in [0.15, 0.2) is 72.3 Å². The Morgan fingerprint density at radius 2 is 1.67 bits per heavy atom. The van der Waals surface area contributed by atoms with E-state index in [1.165, 1.54) is 12.2 Å². The van der Waals surface area contributed by atoms with Crippen molar-refractivity contribution in [1.82, 2.24) is 0 Å². The standard InChI is InChI=1S/C37H41F2NO6/c1-34-14-13-25(42)16-28(34)29(38)17-27-26-18-32-37(31(44)20-41,35(26,2)19-30(43)36(27,34)39)46-33(45-32)23-9-5-21(6-10-23)15-22-7-11-24(12-8-22)40(3)4/h5-14,16,26-27,29-30,32-33,41,43H,15,17-20H2,1-4H3/t26-,27-,29-,30-,32+,33-,34-,35-,36-,37+/m0/s1. The normalized spacial score (nSPS) is 40.9. The molecule has 5 aliphatic rings. The number of ketones is 2. The highest BCUT2D eigenvalue weighted by Gasteiger charge is 2.80. The van der Waals surface area contributed by atoms with E-state index in [1.807, 2.05) is 43.3 Å². The van der Waals surface area contributed by atoms with Crippen molar-refractivity contribution in [3.05, 3.63) is 89.0 Å². The molecule has 1 heterocycles. The third kappa shape index (κ3) is 4.14. The van der Waals surface area contributed by atoms with Crippen molar-refractivity contribution in [3.8, 4) is 0 Å². The smallest absolute Gasteiger partial charge is 0.193 e. The lowest BCUT2D eigenvalue weighted by atomic mass is 9.44. The molecule has 0 aromatic heterocycles. The molecule has 4 fully saturated rings. The van der Waals surface area contributed by atoms with Crippen LogP contribution in [0.2, 0.25) is 0 Å². The van der Waals surface area contributed by atoms with Gasteiger partial charge in [-0.1, -0.05) is 49.4 Å². The highest BCUT2D eigenvalue weighted by molar-refractivity contribution is 6.01. The number of rotatable bonds is 6. The zero-order valence-corrected chi connectivity index (χ0v) is 26.6. The van der Waals surface area contributed by atoms with Crippen molar-refractivity contribution in [1.29, 1.82) is 0 Å². The fraction of sp³-hybridized carbons (Fsp3) is 0.514. The first-order chi connectivity index (χ1) is 21.8. The van der Waals surface area contributed by atoms with Gasteiger partial charge in [-0.2, -0.15) is 0 Å². The second kappa shape index (κ2) is 10.6. The lowest BCUT2D eigenvalue weighted by molar-refractivity contribution is -0.235.